The number of carbonyl (C=O) groups is 1. The highest BCUT2D eigenvalue weighted by molar-refractivity contribution is 5.77. The minimum absolute atomic E-state index is 0.0815. The fourth-order valence-electron chi connectivity index (χ4n) is 2.45. The summed E-state index contributed by atoms with van der Waals surface area (Å²) in [4.78, 5) is 16.4. The van der Waals surface area contributed by atoms with Crippen LogP contribution >= 0.6 is 0 Å². The van der Waals surface area contributed by atoms with Crippen LogP contribution in [0.15, 0.2) is 30.3 Å². The lowest BCUT2D eigenvalue weighted by Gasteiger charge is -2.35. The molecule has 1 aliphatic rings. The van der Waals surface area contributed by atoms with Crippen LogP contribution in [0.25, 0.3) is 0 Å². The van der Waals surface area contributed by atoms with Crippen LogP contribution in [0.3, 0.4) is 0 Å². The summed E-state index contributed by atoms with van der Waals surface area (Å²) in [6, 6.07) is 9.49. The van der Waals surface area contributed by atoms with Gasteiger partial charge in [-0.25, -0.2) is 0 Å². The number of hydrogen-bond donors (Lipinski definition) is 0. The summed E-state index contributed by atoms with van der Waals surface area (Å²) in [5.41, 5.74) is 0. The molecule has 4 heteroatoms. The summed E-state index contributed by atoms with van der Waals surface area (Å²) in [5, 5.41) is 0. The number of carbonyl (C=O) groups excluding carboxylic acids is 1. The second kappa shape index (κ2) is 7.29. The Morgan fingerprint density at radius 3 is 2.40 bits per heavy atom. The van der Waals surface area contributed by atoms with Crippen molar-refractivity contribution in [3.63, 3.8) is 0 Å². The van der Waals surface area contributed by atoms with Crippen LogP contribution in [0, 0.1) is 5.92 Å². The third-order valence-electron chi connectivity index (χ3n) is 3.45. The molecule has 0 N–H and O–H groups in total. The predicted molar refractivity (Wildman–Crippen MR) is 79.8 cm³/mol. The lowest BCUT2D eigenvalue weighted by Crippen LogP contribution is -2.50. The second-order valence-corrected chi connectivity index (χ2v) is 5.68. The summed E-state index contributed by atoms with van der Waals surface area (Å²) < 4.78 is 5.51. The molecule has 1 fully saturated rings. The first-order valence-electron chi connectivity index (χ1n) is 7.33. The molecule has 0 aromatic heterocycles. The second-order valence-electron chi connectivity index (χ2n) is 5.68. The van der Waals surface area contributed by atoms with Crippen LogP contribution in [0.1, 0.15) is 13.8 Å². The molecular weight excluding hydrogens is 252 g/mol. The van der Waals surface area contributed by atoms with E-state index in [1.165, 1.54) is 0 Å². The maximum absolute atomic E-state index is 12.1. The molecule has 2 rings (SSSR count). The maximum Gasteiger partial charge on any atom is 0.260 e. The topological polar surface area (TPSA) is 32.8 Å². The van der Waals surface area contributed by atoms with E-state index in [9.17, 15) is 4.79 Å². The first kappa shape index (κ1) is 14.9. The molecule has 1 aliphatic heterocycles. The van der Waals surface area contributed by atoms with E-state index in [4.69, 9.17) is 4.74 Å². The van der Waals surface area contributed by atoms with Crippen molar-refractivity contribution < 1.29 is 9.53 Å². The smallest absolute Gasteiger partial charge is 0.260 e. The Hall–Kier alpha value is -1.55. The molecule has 4 nitrogen and oxygen atoms in total. The molecule has 1 amide bonds. The van der Waals surface area contributed by atoms with Gasteiger partial charge in [-0.05, 0) is 18.1 Å². The van der Waals surface area contributed by atoms with Gasteiger partial charge in [0.15, 0.2) is 6.61 Å². The number of nitrogens with zero attached hydrogens (tertiary/aromatic N) is 2. The minimum atomic E-state index is 0.0815. The third-order valence-corrected chi connectivity index (χ3v) is 3.45. The number of rotatable bonds is 5. The van der Waals surface area contributed by atoms with Crippen molar-refractivity contribution in [1.82, 2.24) is 9.80 Å². The van der Waals surface area contributed by atoms with Crippen molar-refractivity contribution in [3.8, 4) is 5.75 Å². The molecule has 1 heterocycles. The Balaban J connectivity index is 1.72. The van der Waals surface area contributed by atoms with Gasteiger partial charge in [0, 0.05) is 32.7 Å². The number of ether oxygens (including phenoxy) is 1. The lowest BCUT2D eigenvalue weighted by atomic mass is 10.2. The Morgan fingerprint density at radius 1 is 1.15 bits per heavy atom. The Labute approximate surface area is 121 Å². The average molecular weight is 276 g/mol. The van der Waals surface area contributed by atoms with E-state index in [0.29, 0.717) is 5.92 Å². The van der Waals surface area contributed by atoms with Gasteiger partial charge in [0.1, 0.15) is 5.75 Å². The van der Waals surface area contributed by atoms with Gasteiger partial charge < -0.3 is 9.64 Å². The van der Waals surface area contributed by atoms with Gasteiger partial charge >= 0.3 is 0 Å². The van der Waals surface area contributed by atoms with Crippen molar-refractivity contribution in [2.24, 2.45) is 5.92 Å². The summed E-state index contributed by atoms with van der Waals surface area (Å²) >= 11 is 0. The molecule has 110 valence electrons. The van der Waals surface area contributed by atoms with Crippen molar-refractivity contribution in [1.29, 1.82) is 0 Å². The van der Waals surface area contributed by atoms with Crippen LogP contribution in [-0.2, 0) is 4.79 Å². The number of amides is 1. The fraction of sp³-hybridized carbons (Fsp3) is 0.562. The quantitative estimate of drug-likeness (QED) is 0.823. The van der Waals surface area contributed by atoms with Gasteiger partial charge in [-0.3, -0.25) is 9.69 Å². The number of benzene rings is 1. The Bertz CT molecular complexity index is 412. The normalized spacial score (nSPS) is 16.4. The monoisotopic (exact) mass is 276 g/mol. The molecule has 20 heavy (non-hydrogen) atoms. The summed E-state index contributed by atoms with van der Waals surface area (Å²) in [6.45, 7) is 9.26. The molecule has 0 radical (unpaired) electrons. The van der Waals surface area contributed by atoms with Gasteiger partial charge in [-0.1, -0.05) is 32.0 Å². The lowest BCUT2D eigenvalue weighted by molar-refractivity contribution is -0.135. The molecule has 0 saturated carbocycles. The average Bonchev–Trinajstić information content (AvgIpc) is 2.46. The van der Waals surface area contributed by atoms with E-state index in [-0.39, 0.29) is 12.5 Å². The van der Waals surface area contributed by atoms with E-state index >= 15 is 0 Å². The zero-order valence-corrected chi connectivity index (χ0v) is 12.4. The zero-order valence-electron chi connectivity index (χ0n) is 12.4. The summed E-state index contributed by atoms with van der Waals surface area (Å²) in [6.07, 6.45) is 0. The standard InChI is InChI=1S/C16H24N2O2/c1-14(2)12-17-8-10-18(11-9-17)16(19)13-20-15-6-4-3-5-7-15/h3-7,14H,8-13H2,1-2H3. The number of piperazine rings is 1. The fourth-order valence-corrected chi connectivity index (χ4v) is 2.45. The summed E-state index contributed by atoms with van der Waals surface area (Å²) in [5.74, 6) is 1.51. The molecule has 0 unspecified atom stereocenters. The molecule has 0 spiro atoms. The van der Waals surface area contributed by atoms with Gasteiger partial charge in [-0.15, -0.1) is 0 Å². The van der Waals surface area contributed by atoms with Crippen LogP contribution in [-0.4, -0.2) is 55.0 Å². The molecule has 1 aromatic carbocycles. The first-order valence-corrected chi connectivity index (χ1v) is 7.33. The third kappa shape index (κ3) is 4.53. The Morgan fingerprint density at radius 2 is 1.80 bits per heavy atom. The van der Waals surface area contributed by atoms with Gasteiger partial charge in [0.2, 0.25) is 0 Å². The van der Waals surface area contributed by atoms with Gasteiger partial charge in [0.05, 0.1) is 0 Å². The van der Waals surface area contributed by atoms with Crippen molar-refractivity contribution in [2.75, 3.05) is 39.3 Å². The first-order chi connectivity index (χ1) is 9.65. The van der Waals surface area contributed by atoms with Crippen LogP contribution < -0.4 is 4.74 Å². The van der Waals surface area contributed by atoms with Gasteiger partial charge in [-0.2, -0.15) is 0 Å². The van der Waals surface area contributed by atoms with E-state index in [2.05, 4.69) is 18.7 Å². The largest absolute Gasteiger partial charge is 0.484 e. The predicted octanol–water partition coefficient (Wildman–Crippen LogP) is 1.87. The number of hydrogen-bond acceptors (Lipinski definition) is 3. The maximum atomic E-state index is 12.1. The SMILES string of the molecule is CC(C)CN1CCN(C(=O)COc2ccccc2)CC1. The van der Waals surface area contributed by atoms with E-state index in [1.54, 1.807) is 0 Å². The highest BCUT2D eigenvalue weighted by atomic mass is 16.5. The highest BCUT2D eigenvalue weighted by Crippen LogP contribution is 2.09. The Kier molecular flexibility index (Phi) is 5.41. The van der Waals surface area contributed by atoms with Gasteiger partial charge in [0.25, 0.3) is 5.91 Å². The molecule has 0 bridgehead atoms. The van der Waals surface area contributed by atoms with Crippen molar-refractivity contribution in [3.05, 3.63) is 30.3 Å². The van der Waals surface area contributed by atoms with E-state index in [1.807, 2.05) is 35.2 Å². The minimum Gasteiger partial charge on any atom is -0.484 e. The molecule has 0 atom stereocenters. The van der Waals surface area contributed by atoms with E-state index in [0.717, 1.165) is 38.5 Å². The van der Waals surface area contributed by atoms with Crippen LogP contribution in [0.5, 0.6) is 5.75 Å². The highest BCUT2D eigenvalue weighted by Gasteiger charge is 2.21. The molecule has 0 aliphatic carbocycles. The molecular formula is C16H24N2O2. The van der Waals surface area contributed by atoms with Crippen molar-refractivity contribution in [2.45, 2.75) is 13.8 Å². The van der Waals surface area contributed by atoms with Crippen LogP contribution in [0.2, 0.25) is 0 Å². The van der Waals surface area contributed by atoms with E-state index < -0.39 is 0 Å². The number of para-hydroxylation sites is 1. The molecule has 1 aromatic rings. The molecule has 1 saturated heterocycles. The van der Waals surface area contributed by atoms with Crippen molar-refractivity contribution >= 4 is 5.91 Å². The zero-order chi connectivity index (χ0) is 14.4. The summed E-state index contributed by atoms with van der Waals surface area (Å²) in [7, 11) is 0. The van der Waals surface area contributed by atoms with Crippen LogP contribution in [0.4, 0.5) is 0 Å².